The first-order chi connectivity index (χ1) is 12.1. The van der Waals surface area contributed by atoms with E-state index in [-0.39, 0.29) is 12.5 Å². The number of nitriles is 1. The molecule has 0 aliphatic rings. The fourth-order valence-corrected chi connectivity index (χ4v) is 2.25. The van der Waals surface area contributed by atoms with E-state index < -0.39 is 0 Å². The number of methoxy groups -OCH3 is 1. The molecule has 0 spiro atoms. The van der Waals surface area contributed by atoms with Gasteiger partial charge in [-0.1, -0.05) is 36.4 Å². The van der Waals surface area contributed by atoms with Gasteiger partial charge in [0.15, 0.2) is 18.1 Å². The van der Waals surface area contributed by atoms with Crippen LogP contribution in [0.4, 0.5) is 0 Å². The number of carbonyl (C=O) groups is 1. The van der Waals surface area contributed by atoms with Crippen LogP contribution in [-0.2, 0) is 11.3 Å². The summed E-state index contributed by atoms with van der Waals surface area (Å²) >= 11 is 0. The average molecular weight is 336 g/mol. The molecule has 1 amide bonds. The quantitative estimate of drug-likeness (QED) is 0.728. The average Bonchev–Trinajstić information content (AvgIpc) is 2.65. The maximum absolute atomic E-state index is 12.2. The molecule has 25 heavy (non-hydrogen) atoms. The molecule has 0 N–H and O–H groups in total. The molecule has 0 radical (unpaired) electrons. The van der Waals surface area contributed by atoms with E-state index in [9.17, 15) is 4.79 Å². The summed E-state index contributed by atoms with van der Waals surface area (Å²) in [6, 6.07) is 17.0. The number of rotatable bonds is 7. The standard InChI is InChI=1S/C20H20N2O3/c1-22(15-17-6-4-3-5-7-17)20(23)11-9-16-8-10-18(25-13-12-21)19(14-16)24-2/h3-11,14H,13,15H2,1-2H3/b11-9+. The smallest absolute Gasteiger partial charge is 0.246 e. The van der Waals surface area contributed by atoms with Crippen molar-refractivity contribution in [2.45, 2.75) is 6.54 Å². The van der Waals surface area contributed by atoms with Gasteiger partial charge in [0.25, 0.3) is 0 Å². The van der Waals surface area contributed by atoms with E-state index in [2.05, 4.69) is 0 Å². The highest BCUT2D eigenvalue weighted by atomic mass is 16.5. The van der Waals surface area contributed by atoms with E-state index in [1.807, 2.05) is 36.4 Å². The van der Waals surface area contributed by atoms with Crippen molar-refractivity contribution < 1.29 is 14.3 Å². The van der Waals surface area contributed by atoms with Crippen LogP contribution in [0.5, 0.6) is 11.5 Å². The molecular weight excluding hydrogens is 316 g/mol. The fourth-order valence-electron chi connectivity index (χ4n) is 2.25. The molecule has 2 aromatic rings. The second-order valence-corrected chi connectivity index (χ2v) is 5.37. The van der Waals surface area contributed by atoms with Crippen LogP contribution in [0, 0.1) is 11.3 Å². The first-order valence-corrected chi connectivity index (χ1v) is 7.79. The van der Waals surface area contributed by atoms with Crippen molar-refractivity contribution in [2.75, 3.05) is 20.8 Å². The van der Waals surface area contributed by atoms with Gasteiger partial charge < -0.3 is 14.4 Å². The molecule has 0 saturated carbocycles. The van der Waals surface area contributed by atoms with Crippen molar-refractivity contribution in [3.05, 3.63) is 65.7 Å². The third kappa shape index (κ3) is 5.40. The summed E-state index contributed by atoms with van der Waals surface area (Å²) in [6.07, 6.45) is 3.24. The second kappa shape index (κ2) is 9.14. The minimum Gasteiger partial charge on any atom is -0.493 e. The third-order valence-electron chi connectivity index (χ3n) is 3.54. The predicted molar refractivity (Wildman–Crippen MR) is 96.1 cm³/mol. The van der Waals surface area contributed by atoms with Gasteiger partial charge in [0, 0.05) is 19.7 Å². The van der Waals surface area contributed by atoms with Crippen LogP contribution in [0.1, 0.15) is 11.1 Å². The van der Waals surface area contributed by atoms with Crippen molar-refractivity contribution in [3.63, 3.8) is 0 Å². The Kier molecular flexibility index (Phi) is 6.61. The minimum absolute atomic E-state index is 0.0473. The highest BCUT2D eigenvalue weighted by Gasteiger charge is 2.07. The molecule has 128 valence electrons. The van der Waals surface area contributed by atoms with E-state index in [0.29, 0.717) is 18.0 Å². The molecule has 0 bridgehead atoms. The first-order valence-electron chi connectivity index (χ1n) is 7.79. The summed E-state index contributed by atoms with van der Waals surface area (Å²) in [5.74, 6) is 0.920. The van der Waals surface area contributed by atoms with Gasteiger partial charge in [-0.25, -0.2) is 0 Å². The van der Waals surface area contributed by atoms with Crippen molar-refractivity contribution in [1.29, 1.82) is 5.26 Å². The molecular formula is C20H20N2O3. The molecule has 0 fully saturated rings. The van der Waals surface area contributed by atoms with Gasteiger partial charge in [0.05, 0.1) is 7.11 Å². The minimum atomic E-state index is -0.0902. The van der Waals surface area contributed by atoms with Gasteiger partial charge in [0.2, 0.25) is 5.91 Å². The zero-order valence-corrected chi connectivity index (χ0v) is 14.3. The lowest BCUT2D eigenvalue weighted by Gasteiger charge is -2.15. The van der Waals surface area contributed by atoms with E-state index in [1.165, 1.54) is 13.2 Å². The maximum Gasteiger partial charge on any atom is 0.246 e. The highest BCUT2D eigenvalue weighted by Crippen LogP contribution is 2.28. The van der Waals surface area contributed by atoms with Gasteiger partial charge in [-0.3, -0.25) is 4.79 Å². The maximum atomic E-state index is 12.2. The SMILES string of the molecule is COc1cc(/C=C/C(=O)N(C)Cc2ccccc2)ccc1OCC#N. The fraction of sp³-hybridized carbons (Fsp3) is 0.200. The molecule has 0 unspecified atom stereocenters. The van der Waals surface area contributed by atoms with Gasteiger partial charge in [-0.05, 0) is 29.3 Å². The Morgan fingerprint density at radius 1 is 1.20 bits per heavy atom. The number of carbonyl (C=O) groups excluding carboxylic acids is 1. The van der Waals surface area contributed by atoms with Crippen LogP contribution < -0.4 is 9.47 Å². The topological polar surface area (TPSA) is 62.6 Å². The Bertz CT molecular complexity index is 779. The van der Waals surface area contributed by atoms with E-state index in [4.69, 9.17) is 14.7 Å². The number of hydrogen-bond acceptors (Lipinski definition) is 4. The molecule has 0 heterocycles. The van der Waals surface area contributed by atoms with Crippen molar-refractivity contribution in [2.24, 2.45) is 0 Å². The Labute approximate surface area is 147 Å². The lowest BCUT2D eigenvalue weighted by molar-refractivity contribution is -0.125. The molecule has 0 aliphatic carbocycles. The highest BCUT2D eigenvalue weighted by molar-refractivity contribution is 5.91. The summed E-state index contributed by atoms with van der Waals surface area (Å²) in [7, 11) is 3.29. The van der Waals surface area contributed by atoms with Crippen LogP contribution in [0.3, 0.4) is 0 Å². The number of likely N-dealkylation sites (N-methyl/N-ethyl adjacent to an activating group) is 1. The summed E-state index contributed by atoms with van der Waals surface area (Å²) < 4.78 is 10.5. The second-order valence-electron chi connectivity index (χ2n) is 5.37. The van der Waals surface area contributed by atoms with E-state index >= 15 is 0 Å². The van der Waals surface area contributed by atoms with Crippen LogP contribution >= 0.6 is 0 Å². The zero-order chi connectivity index (χ0) is 18.1. The largest absolute Gasteiger partial charge is 0.493 e. The Hall–Kier alpha value is -3.26. The van der Waals surface area contributed by atoms with Crippen molar-refractivity contribution in [1.82, 2.24) is 4.90 Å². The molecule has 2 aromatic carbocycles. The number of hydrogen-bond donors (Lipinski definition) is 0. The number of benzene rings is 2. The summed E-state index contributed by atoms with van der Waals surface area (Å²) in [4.78, 5) is 13.9. The zero-order valence-electron chi connectivity index (χ0n) is 14.3. The van der Waals surface area contributed by atoms with Crippen molar-refractivity contribution in [3.8, 4) is 17.6 Å². The predicted octanol–water partition coefficient (Wildman–Crippen LogP) is 3.27. The van der Waals surface area contributed by atoms with Crippen molar-refractivity contribution >= 4 is 12.0 Å². The molecule has 5 nitrogen and oxygen atoms in total. The van der Waals surface area contributed by atoms with Gasteiger partial charge in [-0.15, -0.1) is 0 Å². The van der Waals surface area contributed by atoms with Gasteiger partial charge >= 0.3 is 0 Å². The molecule has 0 aromatic heterocycles. The lowest BCUT2D eigenvalue weighted by Crippen LogP contribution is -2.24. The van der Waals surface area contributed by atoms with E-state index in [1.54, 1.807) is 36.2 Å². The third-order valence-corrected chi connectivity index (χ3v) is 3.54. The normalized spacial score (nSPS) is 10.3. The van der Waals surface area contributed by atoms with Gasteiger partial charge in [0.1, 0.15) is 6.07 Å². The van der Waals surface area contributed by atoms with Gasteiger partial charge in [-0.2, -0.15) is 5.26 Å². The number of ether oxygens (including phenoxy) is 2. The van der Waals surface area contributed by atoms with Crippen LogP contribution in [0.25, 0.3) is 6.08 Å². The van der Waals surface area contributed by atoms with Crippen LogP contribution in [0.15, 0.2) is 54.6 Å². The Balaban J connectivity index is 2.02. The Morgan fingerprint density at radius 3 is 2.64 bits per heavy atom. The number of amides is 1. The monoisotopic (exact) mass is 336 g/mol. The van der Waals surface area contributed by atoms with E-state index in [0.717, 1.165) is 11.1 Å². The molecule has 0 atom stereocenters. The Morgan fingerprint density at radius 2 is 1.96 bits per heavy atom. The summed E-state index contributed by atoms with van der Waals surface area (Å²) in [5, 5.41) is 8.58. The van der Waals surface area contributed by atoms with Crippen LogP contribution in [0.2, 0.25) is 0 Å². The summed E-state index contributed by atoms with van der Waals surface area (Å²) in [6.45, 7) is 0.503. The molecule has 0 aliphatic heterocycles. The molecule has 5 heteroatoms. The molecule has 0 saturated heterocycles. The summed E-state index contributed by atoms with van der Waals surface area (Å²) in [5.41, 5.74) is 1.88. The number of nitrogens with zero attached hydrogens (tertiary/aromatic N) is 2. The van der Waals surface area contributed by atoms with Crippen LogP contribution in [-0.4, -0.2) is 31.6 Å². The first kappa shape index (κ1) is 18.1. The molecule has 2 rings (SSSR count). The lowest BCUT2D eigenvalue weighted by atomic mass is 10.1.